The summed E-state index contributed by atoms with van der Waals surface area (Å²) < 4.78 is 32.5. The first-order chi connectivity index (χ1) is 9.54. The predicted octanol–water partition coefficient (Wildman–Crippen LogP) is 2.99. The number of hydrogen-bond donors (Lipinski definition) is 1. The minimum Gasteiger partial charge on any atom is -0.380 e. The van der Waals surface area contributed by atoms with Crippen LogP contribution in [0.25, 0.3) is 0 Å². The Morgan fingerprint density at radius 3 is 2.45 bits per heavy atom. The molecule has 0 bridgehead atoms. The average Bonchev–Trinajstić information content (AvgIpc) is 2.39. The molecule has 0 saturated heterocycles. The van der Waals surface area contributed by atoms with Crippen molar-refractivity contribution in [1.29, 1.82) is 5.26 Å². The van der Waals surface area contributed by atoms with Crippen LogP contribution in [0.15, 0.2) is 12.1 Å². The summed E-state index contributed by atoms with van der Waals surface area (Å²) in [6.07, 6.45) is 0.999. The van der Waals surface area contributed by atoms with E-state index in [2.05, 4.69) is 19.2 Å². The van der Waals surface area contributed by atoms with Crippen molar-refractivity contribution in [3.63, 3.8) is 0 Å². The van der Waals surface area contributed by atoms with E-state index >= 15 is 0 Å². The highest BCUT2D eigenvalue weighted by molar-refractivity contribution is 5.34. The van der Waals surface area contributed by atoms with E-state index in [0.717, 1.165) is 18.6 Å². The van der Waals surface area contributed by atoms with Crippen LogP contribution < -0.4 is 5.32 Å². The van der Waals surface area contributed by atoms with Crippen LogP contribution in [-0.2, 0) is 11.3 Å². The van der Waals surface area contributed by atoms with E-state index in [-0.39, 0.29) is 17.7 Å². The molecule has 3 nitrogen and oxygen atoms in total. The molecule has 0 amide bonds. The third-order valence-corrected chi connectivity index (χ3v) is 2.83. The number of hydrogen-bond acceptors (Lipinski definition) is 3. The summed E-state index contributed by atoms with van der Waals surface area (Å²) >= 11 is 0. The zero-order chi connectivity index (χ0) is 15.0. The van der Waals surface area contributed by atoms with Crippen molar-refractivity contribution >= 4 is 0 Å². The maximum absolute atomic E-state index is 13.6. The predicted molar refractivity (Wildman–Crippen MR) is 73.1 cm³/mol. The average molecular weight is 282 g/mol. The minimum absolute atomic E-state index is 0.0132. The largest absolute Gasteiger partial charge is 0.380 e. The van der Waals surface area contributed by atoms with E-state index in [1.54, 1.807) is 6.07 Å². The van der Waals surface area contributed by atoms with Gasteiger partial charge in [-0.15, -0.1) is 0 Å². The van der Waals surface area contributed by atoms with Gasteiger partial charge in [-0.25, -0.2) is 8.78 Å². The van der Waals surface area contributed by atoms with Crippen LogP contribution in [0.2, 0.25) is 0 Å². The van der Waals surface area contributed by atoms with Gasteiger partial charge in [0.1, 0.15) is 11.6 Å². The first-order valence-electron chi connectivity index (χ1n) is 6.71. The van der Waals surface area contributed by atoms with Gasteiger partial charge < -0.3 is 10.1 Å². The number of nitrogens with one attached hydrogen (secondary N) is 1. The lowest BCUT2D eigenvalue weighted by Gasteiger charge is -2.09. The summed E-state index contributed by atoms with van der Waals surface area (Å²) in [6.45, 7) is 6.05. The Bertz CT molecular complexity index is 446. The first-order valence-corrected chi connectivity index (χ1v) is 6.71. The van der Waals surface area contributed by atoms with E-state index in [9.17, 15) is 8.78 Å². The number of benzene rings is 1. The molecule has 0 atom stereocenters. The molecule has 0 radical (unpaired) electrons. The van der Waals surface area contributed by atoms with Gasteiger partial charge in [-0.3, -0.25) is 0 Å². The maximum atomic E-state index is 13.6. The summed E-state index contributed by atoms with van der Waals surface area (Å²) in [5.74, 6) is -0.797. The molecule has 0 aromatic heterocycles. The molecule has 0 fully saturated rings. The third-order valence-electron chi connectivity index (χ3n) is 2.83. The molecular weight excluding hydrogens is 262 g/mol. The van der Waals surface area contributed by atoms with Gasteiger partial charge in [0.05, 0.1) is 18.2 Å². The van der Waals surface area contributed by atoms with E-state index in [0.29, 0.717) is 25.7 Å². The quantitative estimate of drug-likeness (QED) is 0.746. The second-order valence-electron chi connectivity index (χ2n) is 5.00. The van der Waals surface area contributed by atoms with E-state index in [4.69, 9.17) is 10.00 Å². The molecule has 0 aliphatic rings. The molecule has 1 aromatic rings. The van der Waals surface area contributed by atoms with Crippen LogP contribution in [0.4, 0.5) is 8.78 Å². The second kappa shape index (κ2) is 8.62. The van der Waals surface area contributed by atoms with Crippen LogP contribution in [0.5, 0.6) is 0 Å². The topological polar surface area (TPSA) is 45.0 Å². The molecule has 0 aliphatic carbocycles. The Balaban J connectivity index is 2.31. The second-order valence-corrected chi connectivity index (χ2v) is 5.00. The molecule has 5 heteroatoms. The Kier molecular flexibility index (Phi) is 7.13. The van der Waals surface area contributed by atoms with Gasteiger partial charge in [0.25, 0.3) is 0 Å². The number of halogens is 2. The van der Waals surface area contributed by atoms with Crippen molar-refractivity contribution in [2.24, 2.45) is 5.92 Å². The van der Waals surface area contributed by atoms with Gasteiger partial charge in [0.15, 0.2) is 0 Å². The fourth-order valence-electron chi connectivity index (χ4n) is 1.62. The molecule has 110 valence electrons. The molecule has 1 rings (SSSR count). The Labute approximate surface area is 118 Å². The summed E-state index contributed by atoms with van der Waals surface area (Å²) in [5, 5.41) is 11.5. The fraction of sp³-hybridized carbons (Fsp3) is 0.533. The van der Waals surface area contributed by atoms with Crippen LogP contribution in [0.3, 0.4) is 0 Å². The Hall–Kier alpha value is -1.51. The van der Waals surface area contributed by atoms with Gasteiger partial charge in [0, 0.05) is 25.3 Å². The van der Waals surface area contributed by atoms with Crippen molar-refractivity contribution in [3.05, 3.63) is 34.9 Å². The summed E-state index contributed by atoms with van der Waals surface area (Å²) in [5.41, 5.74) is -0.0630. The molecule has 1 aromatic carbocycles. The lowest BCUT2D eigenvalue weighted by Crippen LogP contribution is -2.21. The first kappa shape index (κ1) is 16.5. The lowest BCUT2D eigenvalue weighted by molar-refractivity contribution is 0.125. The van der Waals surface area contributed by atoms with Crippen molar-refractivity contribution in [3.8, 4) is 6.07 Å². The van der Waals surface area contributed by atoms with Crippen LogP contribution in [0, 0.1) is 28.9 Å². The fourth-order valence-corrected chi connectivity index (χ4v) is 1.62. The Morgan fingerprint density at radius 2 is 1.90 bits per heavy atom. The standard InChI is InChI=1S/C15H20F2N2O/c1-11(2)3-5-20-6-4-19-10-13-14(16)7-12(9-18)8-15(13)17/h7-8,11,19H,3-6,10H2,1-2H3. The highest BCUT2D eigenvalue weighted by Gasteiger charge is 2.10. The molecule has 20 heavy (non-hydrogen) atoms. The normalized spacial score (nSPS) is 10.8. The SMILES string of the molecule is CC(C)CCOCCNCc1c(F)cc(C#N)cc1F. The van der Waals surface area contributed by atoms with Crippen molar-refractivity contribution < 1.29 is 13.5 Å². The monoisotopic (exact) mass is 282 g/mol. The minimum atomic E-state index is -0.699. The lowest BCUT2D eigenvalue weighted by atomic mass is 10.1. The highest BCUT2D eigenvalue weighted by Crippen LogP contribution is 2.14. The summed E-state index contributed by atoms with van der Waals surface area (Å²) in [4.78, 5) is 0. The van der Waals surface area contributed by atoms with Crippen molar-refractivity contribution in [2.75, 3.05) is 19.8 Å². The van der Waals surface area contributed by atoms with Gasteiger partial charge in [-0.2, -0.15) is 5.26 Å². The zero-order valence-corrected chi connectivity index (χ0v) is 11.9. The molecule has 0 heterocycles. The van der Waals surface area contributed by atoms with E-state index < -0.39 is 11.6 Å². The maximum Gasteiger partial charge on any atom is 0.131 e. The summed E-state index contributed by atoms with van der Waals surface area (Å²) in [7, 11) is 0. The van der Waals surface area contributed by atoms with Crippen LogP contribution in [0.1, 0.15) is 31.4 Å². The Morgan fingerprint density at radius 1 is 1.25 bits per heavy atom. The third kappa shape index (κ3) is 5.64. The number of ether oxygens (including phenoxy) is 1. The molecule has 0 aliphatic heterocycles. The molecule has 0 spiro atoms. The molecule has 0 unspecified atom stereocenters. The molecular formula is C15H20F2N2O. The molecule has 0 saturated carbocycles. The number of rotatable bonds is 8. The smallest absolute Gasteiger partial charge is 0.131 e. The van der Waals surface area contributed by atoms with Gasteiger partial charge in [0.2, 0.25) is 0 Å². The van der Waals surface area contributed by atoms with Crippen molar-refractivity contribution in [2.45, 2.75) is 26.8 Å². The van der Waals surface area contributed by atoms with Crippen molar-refractivity contribution in [1.82, 2.24) is 5.32 Å². The molecule has 1 N–H and O–H groups in total. The van der Waals surface area contributed by atoms with E-state index in [1.807, 2.05) is 0 Å². The van der Waals surface area contributed by atoms with E-state index in [1.165, 1.54) is 0 Å². The number of nitrogens with zero attached hydrogens (tertiary/aromatic N) is 1. The van der Waals surface area contributed by atoms with Gasteiger partial charge in [-0.1, -0.05) is 13.8 Å². The number of nitriles is 1. The van der Waals surface area contributed by atoms with Gasteiger partial charge in [-0.05, 0) is 24.5 Å². The van der Waals surface area contributed by atoms with Gasteiger partial charge >= 0.3 is 0 Å². The highest BCUT2D eigenvalue weighted by atomic mass is 19.1. The zero-order valence-electron chi connectivity index (χ0n) is 11.9. The summed E-state index contributed by atoms with van der Waals surface area (Å²) in [6, 6.07) is 3.80. The van der Waals surface area contributed by atoms with Crippen LogP contribution in [-0.4, -0.2) is 19.8 Å². The van der Waals surface area contributed by atoms with Crippen LogP contribution >= 0.6 is 0 Å².